The lowest BCUT2D eigenvalue weighted by Crippen LogP contribution is -2.22. The highest BCUT2D eigenvalue weighted by Gasteiger charge is 1.91. The highest BCUT2D eigenvalue weighted by atomic mass is 19.1. The fourth-order valence-corrected chi connectivity index (χ4v) is 1.07. The van der Waals surface area contributed by atoms with E-state index in [0.717, 1.165) is 12.3 Å². The number of alkyl halides is 1. The molecule has 0 unspecified atom stereocenters. The summed E-state index contributed by atoms with van der Waals surface area (Å²) in [5.74, 6) is 0.875. The van der Waals surface area contributed by atoms with Crippen LogP contribution in [0.15, 0.2) is 30.3 Å². The molecule has 0 amide bonds. The van der Waals surface area contributed by atoms with Crippen molar-refractivity contribution in [2.45, 2.75) is 6.42 Å². The number of ether oxygens (including phenoxy) is 1. The van der Waals surface area contributed by atoms with E-state index in [4.69, 9.17) is 4.74 Å². The molecule has 0 spiro atoms. The summed E-state index contributed by atoms with van der Waals surface area (Å²) in [6.07, 6.45) is 0.575. The van der Waals surface area contributed by atoms with Crippen LogP contribution in [-0.4, -0.2) is 26.4 Å². The SMILES string of the molecule is FCCCNCCOc1ccccc1. The maximum absolute atomic E-state index is 11.7. The molecule has 0 aliphatic carbocycles. The Morgan fingerprint density at radius 2 is 1.93 bits per heavy atom. The average Bonchev–Trinajstić information content (AvgIpc) is 2.25. The van der Waals surface area contributed by atoms with Crippen molar-refractivity contribution in [1.82, 2.24) is 5.32 Å². The third kappa shape index (κ3) is 4.82. The molecule has 0 aliphatic rings. The van der Waals surface area contributed by atoms with E-state index in [1.54, 1.807) is 0 Å². The van der Waals surface area contributed by atoms with Crippen molar-refractivity contribution in [3.8, 4) is 5.75 Å². The molecule has 14 heavy (non-hydrogen) atoms. The molecule has 0 saturated carbocycles. The van der Waals surface area contributed by atoms with Gasteiger partial charge in [-0.05, 0) is 25.1 Å². The Labute approximate surface area is 84.1 Å². The Morgan fingerprint density at radius 3 is 2.64 bits per heavy atom. The minimum absolute atomic E-state index is 0.257. The van der Waals surface area contributed by atoms with Gasteiger partial charge in [-0.2, -0.15) is 0 Å². The van der Waals surface area contributed by atoms with Crippen LogP contribution in [0.25, 0.3) is 0 Å². The van der Waals surface area contributed by atoms with Crippen LogP contribution < -0.4 is 10.1 Å². The topological polar surface area (TPSA) is 21.3 Å². The lowest BCUT2D eigenvalue weighted by molar-refractivity contribution is 0.312. The summed E-state index contributed by atoms with van der Waals surface area (Å²) >= 11 is 0. The molecule has 1 rings (SSSR count). The molecule has 0 saturated heterocycles. The average molecular weight is 197 g/mol. The van der Waals surface area contributed by atoms with Gasteiger partial charge in [0.25, 0.3) is 0 Å². The van der Waals surface area contributed by atoms with Crippen LogP contribution in [0.3, 0.4) is 0 Å². The minimum atomic E-state index is -0.257. The van der Waals surface area contributed by atoms with E-state index >= 15 is 0 Å². The fraction of sp³-hybridized carbons (Fsp3) is 0.455. The molecule has 0 atom stereocenters. The summed E-state index contributed by atoms with van der Waals surface area (Å²) in [6, 6.07) is 9.66. The lowest BCUT2D eigenvalue weighted by Gasteiger charge is -2.06. The summed E-state index contributed by atoms with van der Waals surface area (Å²) in [7, 11) is 0. The van der Waals surface area contributed by atoms with Gasteiger partial charge in [-0.15, -0.1) is 0 Å². The fourth-order valence-electron chi connectivity index (χ4n) is 1.07. The zero-order valence-electron chi connectivity index (χ0n) is 8.21. The van der Waals surface area contributed by atoms with E-state index in [2.05, 4.69) is 5.32 Å². The Balaban J connectivity index is 1.99. The molecule has 1 aromatic carbocycles. The highest BCUT2D eigenvalue weighted by Crippen LogP contribution is 2.07. The van der Waals surface area contributed by atoms with Gasteiger partial charge in [0.1, 0.15) is 12.4 Å². The maximum atomic E-state index is 11.7. The smallest absolute Gasteiger partial charge is 0.119 e. The molecule has 0 bridgehead atoms. The van der Waals surface area contributed by atoms with Crippen molar-refractivity contribution in [3.63, 3.8) is 0 Å². The second kappa shape index (κ2) is 7.33. The number of halogens is 1. The summed E-state index contributed by atoms with van der Waals surface area (Å²) in [6.45, 7) is 1.84. The molecule has 0 fully saturated rings. The predicted molar refractivity (Wildman–Crippen MR) is 55.4 cm³/mol. The normalized spacial score (nSPS) is 10.1. The van der Waals surface area contributed by atoms with Gasteiger partial charge in [0.2, 0.25) is 0 Å². The van der Waals surface area contributed by atoms with Gasteiger partial charge in [-0.1, -0.05) is 18.2 Å². The second-order valence-electron chi connectivity index (χ2n) is 2.95. The summed E-state index contributed by atoms with van der Waals surface area (Å²) in [5.41, 5.74) is 0. The van der Waals surface area contributed by atoms with Crippen molar-refractivity contribution in [1.29, 1.82) is 0 Å². The predicted octanol–water partition coefficient (Wildman–Crippen LogP) is 2.01. The summed E-state index contributed by atoms with van der Waals surface area (Å²) in [5, 5.41) is 3.09. The van der Waals surface area contributed by atoms with Crippen molar-refractivity contribution < 1.29 is 9.13 Å². The van der Waals surface area contributed by atoms with E-state index in [0.29, 0.717) is 19.6 Å². The third-order valence-electron chi connectivity index (χ3n) is 1.78. The third-order valence-corrected chi connectivity index (χ3v) is 1.78. The first-order valence-corrected chi connectivity index (χ1v) is 4.88. The van der Waals surface area contributed by atoms with Crippen molar-refractivity contribution in [2.75, 3.05) is 26.4 Å². The molecule has 2 nitrogen and oxygen atoms in total. The highest BCUT2D eigenvalue weighted by molar-refractivity contribution is 5.20. The van der Waals surface area contributed by atoms with Crippen LogP contribution in [0.1, 0.15) is 6.42 Å². The molecule has 0 radical (unpaired) electrons. The molecule has 0 aliphatic heterocycles. The number of nitrogens with one attached hydrogen (secondary N) is 1. The molecule has 0 heterocycles. The van der Waals surface area contributed by atoms with Crippen molar-refractivity contribution >= 4 is 0 Å². The van der Waals surface area contributed by atoms with Gasteiger partial charge >= 0.3 is 0 Å². The van der Waals surface area contributed by atoms with Gasteiger partial charge in [-0.25, -0.2) is 0 Å². The minimum Gasteiger partial charge on any atom is -0.492 e. The number of rotatable bonds is 7. The first kappa shape index (κ1) is 11.0. The number of hydrogen-bond acceptors (Lipinski definition) is 2. The van der Waals surface area contributed by atoms with E-state index < -0.39 is 0 Å². The van der Waals surface area contributed by atoms with Crippen LogP contribution >= 0.6 is 0 Å². The standard InChI is InChI=1S/C11H16FNO/c12-7-4-8-13-9-10-14-11-5-2-1-3-6-11/h1-3,5-6,13H,4,7-10H2. The Morgan fingerprint density at radius 1 is 1.14 bits per heavy atom. The Hall–Kier alpha value is -1.09. The molecule has 1 aromatic rings. The van der Waals surface area contributed by atoms with E-state index in [-0.39, 0.29) is 6.67 Å². The monoisotopic (exact) mass is 197 g/mol. The van der Waals surface area contributed by atoms with Crippen LogP contribution in [0.5, 0.6) is 5.75 Å². The van der Waals surface area contributed by atoms with Gasteiger partial charge in [-0.3, -0.25) is 4.39 Å². The van der Waals surface area contributed by atoms with Crippen LogP contribution in [0.4, 0.5) is 4.39 Å². The van der Waals surface area contributed by atoms with Gasteiger partial charge < -0.3 is 10.1 Å². The molecule has 1 N–H and O–H groups in total. The molecular weight excluding hydrogens is 181 g/mol. The van der Waals surface area contributed by atoms with Gasteiger partial charge in [0.05, 0.1) is 6.67 Å². The Bertz CT molecular complexity index is 228. The molecule has 78 valence electrons. The largest absolute Gasteiger partial charge is 0.492 e. The van der Waals surface area contributed by atoms with Gasteiger partial charge in [0, 0.05) is 6.54 Å². The quantitative estimate of drug-likeness (QED) is 0.675. The zero-order valence-corrected chi connectivity index (χ0v) is 8.21. The second-order valence-corrected chi connectivity index (χ2v) is 2.95. The van der Waals surface area contributed by atoms with E-state index in [1.165, 1.54) is 0 Å². The van der Waals surface area contributed by atoms with Gasteiger partial charge in [0.15, 0.2) is 0 Å². The number of hydrogen-bond donors (Lipinski definition) is 1. The molecular formula is C11H16FNO. The number of benzene rings is 1. The molecule has 0 aromatic heterocycles. The van der Waals surface area contributed by atoms with E-state index in [9.17, 15) is 4.39 Å². The van der Waals surface area contributed by atoms with Crippen LogP contribution in [0, 0.1) is 0 Å². The summed E-state index contributed by atoms with van der Waals surface area (Å²) in [4.78, 5) is 0. The lowest BCUT2D eigenvalue weighted by atomic mass is 10.3. The first-order valence-electron chi connectivity index (χ1n) is 4.88. The van der Waals surface area contributed by atoms with E-state index in [1.807, 2.05) is 30.3 Å². The van der Waals surface area contributed by atoms with Crippen LogP contribution in [0.2, 0.25) is 0 Å². The number of para-hydroxylation sites is 1. The zero-order chi connectivity index (χ0) is 10.1. The van der Waals surface area contributed by atoms with Crippen molar-refractivity contribution in [3.05, 3.63) is 30.3 Å². The Kier molecular flexibility index (Phi) is 5.75. The van der Waals surface area contributed by atoms with Crippen LogP contribution in [-0.2, 0) is 0 Å². The summed E-state index contributed by atoms with van der Waals surface area (Å²) < 4.78 is 17.1. The first-order chi connectivity index (χ1) is 6.93. The maximum Gasteiger partial charge on any atom is 0.119 e. The molecule has 3 heteroatoms. The van der Waals surface area contributed by atoms with Crippen molar-refractivity contribution in [2.24, 2.45) is 0 Å².